The molecule has 0 saturated carbocycles. The van der Waals surface area contributed by atoms with E-state index in [2.05, 4.69) is 5.32 Å². The van der Waals surface area contributed by atoms with Crippen LogP contribution in [0.4, 0.5) is 13.2 Å². The average molecular weight is 339 g/mol. The first-order valence-corrected chi connectivity index (χ1v) is 7.46. The highest BCUT2D eigenvalue weighted by Gasteiger charge is 2.45. The van der Waals surface area contributed by atoms with E-state index in [0.717, 1.165) is 6.07 Å². The second-order valence-corrected chi connectivity index (χ2v) is 5.74. The van der Waals surface area contributed by atoms with Crippen LogP contribution in [0.2, 0.25) is 0 Å². The molecular weight excluding hydrogens is 325 g/mol. The zero-order valence-corrected chi connectivity index (χ0v) is 12.8. The van der Waals surface area contributed by atoms with Crippen molar-refractivity contribution in [2.24, 2.45) is 0 Å². The van der Waals surface area contributed by atoms with Crippen LogP contribution in [0.1, 0.15) is 27.5 Å². The summed E-state index contributed by atoms with van der Waals surface area (Å²) in [5.74, 6) is -0.494. The topological polar surface area (TPSA) is 32.3 Å². The van der Waals surface area contributed by atoms with Crippen LogP contribution in [0.3, 0.4) is 0 Å². The highest BCUT2D eigenvalue weighted by molar-refractivity contribution is 7.98. The Morgan fingerprint density at radius 3 is 2.71 bits per heavy atom. The highest BCUT2D eigenvalue weighted by Crippen LogP contribution is 2.43. The first kappa shape index (κ1) is 16.5. The lowest BCUT2D eigenvalue weighted by atomic mass is 9.98. The zero-order valence-electron chi connectivity index (χ0n) is 11.2. The van der Waals surface area contributed by atoms with Gasteiger partial charge in [-0.15, -0.1) is 24.2 Å². The molecule has 0 aromatic heterocycles. The molecule has 0 spiro atoms. The number of carbonyl (C=O) groups is 1. The molecule has 116 valence electrons. The van der Waals surface area contributed by atoms with E-state index < -0.39 is 17.6 Å². The van der Waals surface area contributed by atoms with E-state index in [1.807, 2.05) is 0 Å². The van der Waals surface area contributed by atoms with E-state index in [0.29, 0.717) is 30.1 Å². The first-order chi connectivity index (χ1) is 9.43. The number of nitrogens with one attached hydrogen (secondary N) is 1. The number of thioether (sulfide) groups is 1. The van der Waals surface area contributed by atoms with Crippen LogP contribution >= 0.6 is 24.2 Å². The third-order valence-corrected chi connectivity index (χ3v) is 4.47. The number of alkyl halides is 3. The molecule has 1 amide bonds. The van der Waals surface area contributed by atoms with Gasteiger partial charge in [-0.1, -0.05) is 0 Å². The molecular formula is C13H14ClF3N2OS. The minimum Gasteiger partial charge on any atom is -0.329 e. The molecule has 1 aromatic carbocycles. The average Bonchev–Trinajstić information content (AvgIpc) is 2.71. The third-order valence-electron chi connectivity index (χ3n) is 3.76. The molecule has 2 aliphatic rings. The van der Waals surface area contributed by atoms with Crippen molar-refractivity contribution in [3.63, 3.8) is 0 Å². The fraction of sp³-hybridized carbons (Fsp3) is 0.462. The molecule has 1 N–H and O–H groups in total. The van der Waals surface area contributed by atoms with E-state index in [1.165, 1.54) is 11.8 Å². The van der Waals surface area contributed by atoms with Crippen molar-refractivity contribution in [3.05, 3.63) is 28.8 Å². The lowest BCUT2D eigenvalue weighted by Gasteiger charge is -2.30. The van der Waals surface area contributed by atoms with Crippen LogP contribution in [0.25, 0.3) is 0 Å². The number of amides is 1. The Morgan fingerprint density at radius 2 is 2.10 bits per heavy atom. The molecule has 1 fully saturated rings. The molecule has 0 aliphatic carbocycles. The molecule has 1 saturated heterocycles. The predicted octanol–water partition coefficient (Wildman–Crippen LogP) is 2.95. The van der Waals surface area contributed by atoms with Crippen LogP contribution in [0.15, 0.2) is 17.0 Å². The lowest BCUT2D eigenvalue weighted by molar-refractivity contribution is -0.138. The summed E-state index contributed by atoms with van der Waals surface area (Å²) in [7, 11) is 0. The number of hydrogen-bond donors (Lipinski definition) is 1. The quantitative estimate of drug-likeness (QED) is 0.799. The van der Waals surface area contributed by atoms with Gasteiger partial charge in [-0.2, -0.15) is 13.2 Å². The summed E-state index contributed by atoms with van der Waals surface area (Å²) in [6.07, 6.45) is -2.77. The van der Waals surface area contributed by atoms with Gasteiger partial charge < -0.3 is 10.2 Å². The Labute approximate surface area is 130 Å². The molecule has 3 nitrogen and oxygen atoms in total. The lowest BCUT2D eigenvalue weighted by Crippen LogP contribution is -2.44. The molecule has 21 heavy (non-hydrogen) atoms. The number of rotatable bonds is 1. The van der Waals surface area contributed by atoms with Crippen molar-refractivity contribution in [2.75, 3.05) is 25.9 Å². The van der Waals surface area contributed by atoms with Crippen LogP contribution in [0.5, 0.6) is 0 Å². The largest absolute Gasteiger partial charge is 0.417 e. The monoisotopic (exact) mass is 338 g/mol. The van der Waals surface area contributed by atoms with E-state index in [1.54, 1.807) is 17.2 Å². The van der Waals surface area contributed by atoms with Gasteiger partial charge in [0.2, 0.25) is 0 Å². The van der Waals surface area contributed by atoms with Crippen molar-refractivity contribution in [2.45, 2.75) is 17.1 Å². The Balaban J connectivity index is 0.00000161. The summed E-state index contributed by atoms with van der Waals surface area (Å²) in [6.45, 7) is 1.57. The summed E-state index contributed by atoms with van der Waals surface area (Å²) in [5, 5.41) is 3.13. The van der Waals surface area contributed by atoms with Gasteiger partial charge in [0.15, 0.2) is 0 Å². The number of hydrogen-bond acceptors (Lipinski definition) is 3. The predicted molar refractivity (Wildman–Crippen MR) is 77.1 cm³/mol. The second-order valence-electron chi connectivity index (χ2n) is 4.86. The standard InChI is InChI=1S/C13H13F3N2OS.ClH/c1-20-7-4-8-10-6-17-2-3-18(10)12(19)11(8)9(5-7)13(14,15)16;/h4-5,10,17H,2-3,6H2,1H3;1H/t10-;/m0./s1. The summed E-state index contributed by atoms with van der Waals surface area (Å²) in [4.78, 5) is 14.4. The fourth-order valence-corrected chi connectivity index (χ4v) is 3.33. The number of piperazine rings is 1. The number of nitrogens with zero attached hydrogens (tertiary/aromatic N) is 1. The number of benzene rings is 1. The van der Waals surface area contributed by atoms with Gasteiger partial charge in [0.1, 0.15) is 0 Å². The molecule has 0 radical (unpaired) electrons. The molecule has 8 heteroatoms. The van der Waals surface area contributed by atoms with Crippen LogP contribution < -0.4 is 5.32 Å². The van der Waals surface area contributed by atoms with Crippen molar-refractivity contribution < 1.29 is 18.0 Å². The van der Waals surface area contributed by atoms with Crippen molar-refractivity contribution in [1.82, 2.24) is 10.2 Å². The van der Waals surface area contributed by atoms with Crippen LogP contribution in [-0.4, -0.2) is 36.7 Å². The number of carbonyl (C=O) groups excluding carboxylic acids is 1. The zero-order chi connectivity index (χ0) is 14.5. The Kier molecular flexibility index (Phi) is 4.46. The van der Waals surface area contributed by atoms with E-state index in [4.69, 9.17) is 0 Å². The molecule has 2 heterocycles. The third kappa shape index (κ3) is 2.62. The first-order valence-electron chi connectivity index (χ1n) is 6.24. The maximum absolute atomic E-state index is 13.2. The van der Waals surface area contributed by atoms with Gasteiger partial charge >= 0.3 is 6.18 Å². The smallest absolute Gasteiger partial charge is 0.329 e. The molecule has 2 aliphatic heterocycles. The van der Waals surface area contributed by atoms with Crippen LogP contribution in [0, 0.1) is 0 Å². The van der Waals surface area contributed by atoms with Gasteiger partial charge in [-0.05, 0) is 24.0 Å². The highest BCUT2D eigenvalue weighted by atomic mass is 35.5. The summed E-state index contributed by atoms with van der Waals surface area (Å²) in [6, 6.07) is 2.51. The molecule has 3 rings (SSSR count). The number of fused-ring (bicyclic) bond motifs is 3. The maximum atomic E-state index is 13.2. The Bertz CT molecular complexity index is 579. The van der Waals surface area contributed by atoms with Crippen molar-refractivity contribution in [3.8, 4) is 0 Å². The summed E-state index contributed by atoms with van der Waals surface area (Å²) in [5.41, 5.74) is -0.468. The Morgan fingerprint density at radius 1 is 1.38 bits per heavy atom. The molecule has 1 aromatic rings. The fourth-order valence-electron chi connectivity index (χ4n) is 2.85. The Hall–Kier alpha value is -0.920. The van der Waals surface area contributed by atoms with Gasteiger partial charge in [0.25, 0.3) is 5.91 Å². The van der Waals surface area contributed by atoms with Crippen LogP contribution in [-0.2, 0) is 6.18 Å². The normalized spacial score (nSPS) is 20.9. The summed E-state index contributed by atoms with van der Waals surface area (Å²) < 4.78 is 39.6. The van der Waals surface area contributed by atoms with Gasteiger partial charge in [0.05, 0.1) is 17.2 Å². The van der Waals surface area contributed by atoms with Gasteiger partial charge in [0, 0.05) is 24.5 Å². The summed E-state index contributed by atoms with van der Waals surface area (Å²) >= 11 is 1.26. The molecule has 1 atom stereocenters. The van der Waals surface area contributed by atoms with Crippen molar-refractivity contribution in [1.29, 1.82) is 0 Å². The van der Waals surface area contributed by atoms with Gasteiger partial charge in [-0.25, -0.2) is 0 Å². The second kappa shape index (κ2) is 5.70. The van der Waals surface area contributed by atoms with Gasteiger partial charge in [-0.3, -0.25) is 4.79 Å². The van der Waals surface area contributed by atoms with E-state index in [-0.39, 0.29) is 24.0 Å². The van der Waals surface area contributed by atoms with Crippen molar-refractivity contribution >= 4 is 30.1 Å². The maximum Gasteiger partial charge on any atom is 0.417 e. The SMILES string of the molecule is CSc1cc2c(c(C(F)(F)F)c1)C(=O)N1CCNC[C@@H]21.Cl. The van der Waals surface area contributed by atoms with E-state index in [9.17, 15) is 18.0 Å². The molecule has 0 unspecified atom stereocenters. The number of halogens is 4. The van der Waals surface area contributed by atoms with E-state index >= 15 is 0 Å². The minimum atomic E-state index is -4.51. The minimum absolute atomic E-state index is 0. The molecule has 0 bridgehead atoms.